The monoisotopic (exact) mass is 401 g/mol. The van der Waals surface area contributed by atoms with E-state index < -0.39 is 0 Å². The van der Waals surface area contributed by atoms with Gasteiger partial charge in [-0.2, -0.15) is 5.10 Å². The van der Waals surface area contributed by atoms with Crippen molar-refractivity contribution in [3.8, 4) is 5.75 Å². The first-order chi connectivity index (χ1) is 13.6. The lowest BCUT2D eigenvalue weighted by Gasteiger charge is -2.27. The Kier molecular flexibility index (Phi) is 7.45. The number of hydrogen-bond donors (Lipinski definition) is 1. The van der Waals surface area contributed by atoms with E-state index in [2.05, 4.69) is 35.3 Å². The molecule has 0 atom stereocenters. The fraction of sp³-hybridized carbons (Fsp3) is 0.429. The van der Waals surface area contributed by atoms with E-state index in [1.165, 1.54) is 5.00 Å². The maximum atomic E-state index is 12.2. The van der Waals surface area contributed by atoms with Gasteiger partial charge in [0.05, 0.1) is 31.0 Å². The van der Waals surface area contributed by atoms with Crippen molar-refractivity contribution in [2.75, 3.05) is 37.8 Å². The van der Waals surface area contributed by atoms with Crippen LogP contribution in [0.15, 0.2) is 41.5 Å². The van der Waals surface area contributed by atoms with Crippen LogP contribution in [0.2, 0.25) is 0 Å². The lowest BCUT2D eigenvalue weighted by atomic mass is 10.1. The Morgan fingerprint density at radius 3 is 2.71 bits per heavy atom. The molecule has 1 amide bonds. The maximum Gasteiger partial charge on any atom is 0.271 e. The second kappa shape index (κ2) is 10.2. The number of carbonyl (C=O) groups is 1. The number of benzene rings is 1. The fourth-order valence-electron chi connectivity index (χ4n) is 2.70. The van der Waals surface area contributed by atoms with Crippen LogP contribution in [0.1, 0.15) is 35.5 Å². The molecule has 1 N–H and O–H groups in total. The fourth-order valence-corrected chi connectivity index (χ4v) is 3.63. The van der Waals surface area contributed by atoms with Crippen molar-refractivity contribution >= 4 is 28.5 Å². The zero-order valence-electron chi connectivity index (χ0n) is 16.4. The Morgan fingerprint density at radius 1 is 1.25 bits per heavy atom. The molecule has 2 heterocycles. The topological polar surface area (TPSA) is 63.2 Å². The predicted molar refractivity (Wildman–Crippen MR) is 114 cm³/mol. The lowest BCUT2D eigenvalue weighted by molar-refractivity contribution is 0.0955. The molecular formula is C21H27N3O3S. The molecule has 1 aromatic heterocycles. The van der Waals surface area contributed by atoms with E-state index in [0.717, 1.165) is 43.4 Å². The molecule has 0 radical (unpaired) electrons. The van der Waals surface area contributed by atoms with Gasteiger partial charge in [0.1, 0.15) is 5.75 Å². The summed E-state index contributed by atoms with van der Waals surface area (Å²) in [5.74, 6) is 1.14. The molecule has 7 heteroatoms. The third-order valence-corrected chi connectivity index (χ3v) is 5.45. The molecule has 2 aromatic rings. The largest absolute Gasteiger partial charge is 0.494 e. The Balaban J connectivity index is 1.47. The van der Waals surface area contributed by atoms with Gasteiger partial charge in [0, 0.05) is 23.5 Å². The number of ether oxygens (including phenoxy) is 2. The summed E-state index contributed by atoms with van der Waals surface area (Å²) in [6.07, 6.45) is 2.68. The Morgan fingerprint density at radius 2 is 2.00 bits per heavy atom. The molecule has 0 saturated carbocycles. The van der Waals surface area contributed by atoms with Gasteiger partial charge < -0.3 is 14.4 Å². The van der Waals surface area contributed by atoms with Crippen LogP contribution in [0, 0.1) is 5.92 Å². The summed E-state index contributed by atoms with van der Waals surface area (Å²) >= 11 is 1.65. The predicted octanol–water partition coefficient (Wildman–Crippen LogP) is 3.77. The average molecular weight is 402 g/mol. The van der Waals surface area contributed by atoms with E-state index >= 15 is 0 Å². The first-order valence-corrected chi connectivity index (χ1v) is 10.4. The van der Waals surface area contributed by atoms with Gasteiger partial charge in [0.15, 0.2) is 0 Å². The van der Waals surface area contributed by atoms with Crippen molar-refractivity contribution in [3.05, 3.63) is 46.8 Å². The second-order valence-electron chi connectivity index (χ2n) is 7.03. The standard InChI is InChI=1S/C21H27N3O3S/c1-16(2)9-12-27-18-5-3-17(4-6-18)21(25)23-22-15-19-7-8-20(28-19)24-10-13-26-14-11-24/h3-8,15-16H,9-14H2,1-2H3,(H,23,25)/b22-15-. The van der Waals surface area contributed by atoms with Crippen LogP contribution >= 0.6 is 11.3 Å². The summed E-state index contributed by atoms with van der Waals surface area (Å²) in [6, 6.07) is 11.2. The minimum absolute atomic E-state index is 0.241. The molecule has 1 fully saturated rings. The van der Waals surface area contributed by atoms with Gasteiger partial charge >= 0.3 is 0 Å². The first-order valence-electron chi connectivity index (χ1n) is 9.60. The molecule has 28 heavy (non-hydrogen) atoms. The second-order valence-corrected chi connectivity index (χ2v) is 8.12. The molecule has 6 nitrogen and oxygen atoms in total. The van der Waals surface area contributed by atoms with Gasteiger partial charge in [-0.15, -0.1) is 11.3 Å². The zero-order chi connectivity index (χ0) is 19.8. The Labute approximate surface area is 170 Å². The lowest BCUT2D eigenvalue weighted by Crippen LogP contribution is -2.35. The van der Waals surface area contributed by atoms with E-state index in [1.54, 1.807) is 29.7 Å². The SMILES string of the molecule is CC(C)CCOc1ccc(C(=O)N/N=C\c2ccc(N3CCOCC3)s2)cc1. The first kappa shape index (κ1) is 20.4. The number of nitrogens with zero attached hydrogens (tertiary/aromatic N) is 2. The van der Waals surface area contributed by atoms with Crippen LogP contribution in [0.25, 0.3) is 0 Å². The molecule has 1 aliphatic heterocycles. The molecule has 0 aliphatic carbocycles. The molecular weight excluding hydrogens is 374 g/mol. The summed E-state index contributed by atoms with van der Waals surface area (Å²) in [4.78, 5) is 15.5. The molecule has 1 aliphatic rings. The highest BCUT2D eigenvalue weighted by molar-refractivity contribution is 7.17. The summed E-state index contributed by atoms with van der Waals surface area (Å²) in [5.41, 5.74) is 3.13. The highest BCUT2D eigenvalue weighted by Crippen LogP contribution is 2.25. The van der Waals surface area contributed by atoms with E-state index in [1.807, 2.05) is 18.2 Å². The summed E-state index contributed by atoms with van der Waals surface area (Å²) in [5, 5.41) is 5.28. The summed E-state index contributed by atoms with van der Waals surface area (Å²) < 4.78 is 11.0. The van der Waals surface area contributed by atoms with Crippen LogP contribution in [-0.4, -0.2) is 45.0 Å². The van der Waals surface area contributed by atoms with Crippen molar-refractivity contribution in [2.45, 2.75) is 20.3 Å². The number of thiophene rings is 1. The maximum absolute atomic E-state index is 12.2. The van der Waals surface area contributed by atoms with Gasteiger partial charge in [0.25, 0.3) is 5.91 Å². The smallest absolute Gasteiger partial charge is 0.271 e. The van der Waals surface area contributed by atoms with Crippen LogP contribution < -0.4 is 15.1 Å². The van der Waals surface area contributed by atoms with Crippen LogP contribution in [0.5, 0.6) is 5.75 Å². The summed E-state index contributed by atoms with van der Waals surface area (Å²) in [6.45, 7) is 8.35. The van der Waals surface area contributed by atoms with Crippen LogP contribution in [-0.2, 0) is 4.74 Å². The number of anilines is 1. The number of carbonyl (C=O) groups excluding carboxylic acids is 1. The van der Waals surface area contributed by atoms with Crippen molar-refractivity contribution in [1.82, 2.24) is 5.43 Å². The Bertz CT molecular complexity index is 780. The molecule has 1 aromatic carbocycles. The normalized spacial score (nSPS) is 14.6. The number of rotatable bonds is 8. The van der Waals surface area contributed by atoms with E-state index in [-0.39, 0.29) is 5.91 Å². The number of hydrazone groups is 1. The molecule has 150 valence electrons. The van der Waals surface area contributed by atoms with Gasteiger partial charge in [-0.25, -0.2) is 5.43 Å². The molecule has 0 unspecified atom stereocenters. The number of nitrogens with one attached hydrogen (secondary N) is 1. The minimum Gasteiger partial charge on any atom is -0.494 e. The molecule has 3 rings (SSSR count). The zero-order valence-corrected chi connectivity index (χ0v) is 17.2. The van der Waals surface area contributed by atoms with Crippen LogP contribution in [0.3, 0.4) is 0 Å². The minimum atomic E-state index is -0.241. The van der Waals surface area contributed by atoms with E-state index in [4.69, 9.17) is 9.47 Å². The third kappa shape index (κ3) is 6.07. The van der Waals surface area contributed by atoms with E-state index in [9.17, 15) is 4.79 Å². The number of morpholine rings is 1. The van der Waals surface area contributed by atoms with Gasteiger partial charge in [-0.1, -0.05) is 13.8 Å². The number of hydrogen-bond acceptors (Lipinski definition) is 6. The quantitative estimate of drug-likeness (QED) is 0.540. The number of amides is 1. The van der Waals surface area contributed by atoms with Crippen molar-refractivity contribution in [1.29, 1.82) is 0 Å². The van der Waals surface area contributed by atoms with E-state index in [0.29, 0.717) is 18.1 Å². The third-order valence-electron chi connectivity index (χ3n) is 4.37. The average Bonchev–Trinajstić information content (AvgIpc) is 3.18. The Hall–Kier alpha value is -2.38. The summed E-state index contributed by atoms with van der Waals surface area (Å²) in [7, 11) is 0. The van der Waals surface area contributed by atoms with Crippen molar-refractivity contribution in [3.63, 3.8) is 0 Å². The highest BCUT2D eigenvalue weighted by atomic mass is 32.1. The molecule has 1 saturated heterocycles. The van der Waals surface area contributed by atoms with Gasteiger partial charge in [-0.3, -0.25) is 4.79 Å². The van der Waals surface area contributed by atoms with Crippen molar-refractivity contribution in [2.24, 2.45) is 11.0 Å². The van der Waals surface area contributed by atoms with Gasteiger partial charge in [0.2, 0.25) is 0 Å². The van der Waals surface area contributed by atoms with Crippen LogP contribution in [0.4, 0.5) is 5.00 Å². The highest BCUT2D eigenvalue weighted by Gasteiger charge is 2.12. The molecule has 0 spiro atoms. The van der Waals surface area contributed by atoms with Crippen molar-refractivity contribution < 1.29 is 14.3 Å². The molecule has 0 bridgehead atoms. The van der Waals surface area contributed by atoms with Gasteiger partial charge in [-0.05, 0) is 48.7 Å².